The van der Waals surface area contributed by atoms with Gasteiger partial charge in [-0.25, -0.2) is 4.98 Å². The Bertz CT molecular complexity index is 1430. The molecule has 11 heteroatoms. The fourth-order valence-corrected chi connectivity index (χ4v) is 5.94. The van der Waals surface area contributed by atoms with Crippen LogP contribution in [0.15, 0.2) is 59.4 Å². The number of nitrogens with one attached hydrogen (secondary N) is 2. The number of amides is 1. The summed E-state index contributed by atoms with van der Waals surface area (Å²) in [5, 5.41) is 5.67. The number of anilines is 1. The molecule has 0 bridgehead atoms. The van der Waals surface area contributed by atoms with Crippen LogP contribution in [-0.4, -0.2) is 46.5 Å². The molecular weight excluding hydrogens is 563 g/mol. The summed E-state index contributed by atoms with van der Waals surface area (Å²) < 4.78 is 39.7. The van der Waals surface area contributed by atoms with Gasteiger partial charge in [0.05, 0.1) is 29.1 Å². The molecule has 0 saturated heterocycles. The van der Waals surface area contributed by atoms with Crippen LogP contribution in [0.2, 0.25) is 0 Å². The molecule has 1 amide bonds. The molecule has 5 rings (SSSR count). The zero-order valence-corrected chi connectivity index (χ0v) is 24.3. The lowest BCUT2D eigenvalue weighted by molar-refractivity contribution is -0.137. The zero-order chi connectivity index (χ0) is 29.7. The van der Waals surface area contributed by atoms with Crippen LogP contribution < -0.4 is 16.2 Å². The van der Waals surface area contributed by atoms with E-state index >= 15 is 0 Å². The second-order valence-corrected chi connectivity index (χ2v) is 11.4. The zero-order valence-electron chi connectivity index (χ0n) is 23.4. The molecule has 2 N–H and O–H groups in total. The molecule has 2 aliphatic rings. The SMILES string of the molecule is O=C(CNCCCCCNc1ccc(C(F)(F)F)cc1)N1CCc2nc(C3CCC3)n(-c3ccccc3)c(=O)c2C1S. The fourth-order valence-electron chi connectivity index (χ4n) is 5.44. The molecule has 42 heavy (non-hydrogen) atoms. The molecular formula is C31H36F3N5O2S. The largest absolute Gasteiger partial charge is 0.416 e. The van der Waals surface area contributed by atoms with Crippen LogP contribution in [0.3, 0.4) is 0 Å². The topological polar surface area (TPSA) is 79.3 Å². The van der Waals surface area contributed by atoms with Gasteiger partial charge in [0.15, 0.2) is 0 Å². The van der Waals surface area contributed by atoms with E-state index in [2.05, 4.69) is 10.6 Å². The van der Waals surface area contributed by atoms with Gasteiger partial charge in [-0.05, 0) is 68.6 Å². The third kappa shape index (κ3) is 6.83. The van der Waals surface area contributed by atoms with Crippen LogP contribution in [0, 0.1) is 0 Å². The molecule has 1 fully saturated rings. The van der Waals surface area contributed by atoms with Crippen LogP contribution in [0.4, 0.5) is 18.9 Å². The van der Waals surface area contributed by atoms with Crippen molar-refractivity contribution >= 4 is 24.2 Å². The van der Waals surface area contributed by atoms with E-state index in [1.807, 2.05) is 30.3 Å². The second kappa shape index (κ2) is 13.3. The summed E-state index contributed by atoms with van der Waals surface area (Å²) >= 11 is 4.74. The Morgan fingerprint density at radius 2 is 1.71 bits per heavy atom. The monoisotopic (exact) mass is 599 g/mol. The van der Waals surface area contributed by atoms with Gasteiger partial charge in [-0.3, -0.25) is 14.2 Å². The Kier molecular flexibility index (Phi) is 9.57. The number of aromatic nitrogens is 2. The first-order chi connectivity index (χ1) is 20.2. The summed E-state index contributed by atoms with van der Waals surface area (Å²) in [7, 11) is 0. The van der Waals surface area contributed by atoms with Crippen molar-refractivity contribution < 1.29 is 18.0 Å². The maximum absolute atomic E-state index is 13.9. The van der Waals surface area contributed by atoms with Crippen LogP contribution in [0.25, 0.3) is 5.69 Å². The Hall–Kier alpha value is -3.31. The van der Waals surface area contributed by atoms with Gasteiger partial charge in [0.1, 0.15) is 11.2 Å². The Morgan fingerprint density at radius 3 is 2.38 bits per heavy atom. The van der Waals surface area contributed by atoms with Gasteiger partial charge in [-0.2, -0.15) is 13.2 Å². The summed E-state index contributed by atoms with van der Waals surface area (Å²) in [5.41, 5.74) is 1.84. The van der Waals surface area contributed by atoms with Gasteiger partial charge in [0.2, 0.25) is 5.91 Å². The summed E-state index contributed by atoms with van der Waals surface area (Å²) in [5.74, 6) is 0.970. The number of thiol groups is 1. The molecule has 224 valence electrons. The van der Waals surface area contributed by atoms with E-state index < -0.39 is 17.1 Å². The molecule has 0 radical (unpaired) electrons. The smallest absolute Gasteiger partial charge is 0.385 e. The van der Waals surface area contributed by atoms with Crippen LogP contribution >= 0.6 is 12.6 Å². The first-order valence-corrected chi connectivity index (χ1v) is 15.1. The van der Waals surface area contributed by atoms with Gasteiger partial charge in [0.25, 0.3) is 5.56 Å². The standard InChI is InChI=1S/C31H36F3N5O2S/c32-31(33,34)22-12-14-23(15-13-22)36-18-6-2-5-17-35-20-26(40)38-19-16-25-27(30(38)42)29(41)39(24-10-3-1-4-11-24)28(37-25)21-8-7-9-21/h1,3-4,10-15,21,30,35-36,42H,2,5-9,16-20H2. The number of fused-ring (bicyclic) bond motifs is 1. The summed E-state index contributed by atoms with van der Waals surface area (Å²) in [4.78, 5) is 33.6. The van der Waals surface area contributed by atoms with Gasteiger partial charge in [-0.1, -0.05) is 31.0 Å². The van der Waals surface area contributed by atoms with Crippen molar-refractivity contribution in [2.24, 2.45) is 0 Å². The number of rotatable bonds is 11. The highest BCUT2D eigenvalue weighted by Crippen LogP contribution is 2.38. The number of benzene rings is 2. The third-order valence-electron chi connectivity index (χ3n) is 8.02. The van der Waals surface area contributed by atoms with Crippen molar-refractivity contribution in [1.29, 1.82) is 0 Å². The molecule has 2 heterocycles. The minimum atomic E-state index is -4.33. The minimum Gasteiger partial charge on any atom is -0.385 e. The lowest BCUT2D eigenvalue weighted by Crippen LogP contribution is -2.46. The molecule has 1 atom stereocenters. The van der Waals surface area contributed by atoms with Crippen LogP contribution in [-0.2, 0) is 17.4 Å². The average Bonchev–Trinajstić information content (AvgIpc) is 2.94. The number of carbonyl (C=O) groups excluding carboxylic acids is 1. The number of alkyl halides is 3. The van der Waals surface area contributed by atoms with E-state index in [4.69, 9.17) is 17.6 Å². The first kappa shape index (κ1) is 30.2. The van der Waals surface area contributed by atoms with E-state index in [1.165, 1.54) is 12.1 Å². The number of halogens is 3. The molecule has 1 aliphatic carbocycles. The molecule has 3 aromatic rings. The molecule has 0 spiro atoms. The maximum atomic E-state index is 13.9. The molecule has 1 unspecified atom stereocenters. The number of nitrogens with zero attached hydrogens (tertiary/aromatic N) is 3. The lowest BCUT2D eigenvalue weighted by Gasteiger charge is -2.35. The van der Waals surface area contributed by atoms with Crippen molar-refractivity contribution in [2.75, 3.05) is 31.5 Å². The summed E-state index contributed by atoms with van der Waals surface area (Å²) in [6.07, 6.45) is 1.97. The highest BCUT2D eigenvalue weighted by molar-refractivity contribution is 7.80. The summed E-state index contributed by atoms with van der Waals surface area (Å²) in [6, 6.07) is 14.6. The Labute approximate surface area is 248 Å². The molecule has 1 aromatic heterocycles. The quantitative estimate of drug-likeness (QED) is 0.195. The van der Waals surface area contributed by atoms with Crippen molar-refractivity contribution in [2.45, 2.75) is 62.4 Å². The Balaban J connectivity index is 1.10. The second-order valence-electron chi connectivity index (χ2n) is 10.9. The normalized spacial score (nSPS) is 17.0. The van der Waals surface area contributed by atoms with E-state index in [9.17, 15) is 22.8 Å². The van der Waals surface area contributed by atoms with E-state index in [0.29, 0.717) is 37.3 Å². The predicted octanol–water partition coefficient (Wildman–Crippen LogP) is 5.70. The molecule has 1 aliphatic heterocycles. The number of para-hydroxylation sites is 1. The molecule has 7 nitrogen and oxygen atoms in total. The van der Waals surface area contributed by atoms with Crippen LogP contribution in [0.5, 0.6) is 0 Å². The van der Waals surface area contributed by atoms with Crippen LogP contribution in [0.1, 0.15) is 72.5 Å². The first-order valence-electron chi connectivity index (χ1n) is 14.5. The summed E-state index contributed by atoms with van der Waals surface area (Å²) in [6.45, 7) is 1.91. The highest BCUT2D eigenvalue weighted by Gasteiger charge is 2.35. The molecule has 1 saturated carbocycles. The number of hydrogen-bond donors (Lipinski definition) is 3. The molecule has 2 aromatic carbocycles. The maximum Gasteiger partial charge on any atom is 0.416 e. The van der Waals surface area contributed by atoms with Gasteiger partial charge in [-0.15, -0.1) is 12.6 Å². The van der Waals surface area contributed by atoms with E-state index in [1.54, 1.807) is 9.47 Å². The third-order valence-corrected chi connectivity index (χ3v) is 8.56. The van der Waals surface area contributed by atoms with Crippen molar-refractivity contribution in [3.63, 3.8) is 0 Å². The van der Waals surface area contributed by atoms with Gasteiger partial charge in [0, 0.05) is 31.1 Å². The average molecular weight is 600 g/mol. The Morgan fingerprint density at radius 1 is 1.00 bits per heavy atom. The highest BCUT2D eigenvalue weighted by atomic mass is 32.1. The van der Waals surface area contributed by atoms with E-state index in [-0.39, 0.29) is 23.9 Å². The van der Waals surface area contributed by atoms with Crippen molar-refractivity contribution in [3.8, 4) is 5.69 Å². The van der Waals surface area contributed by atoms with Crippen molar-refractivity contribution in [1.82, 2.24) is 19.8 Å². The number of hydrogen-bond acceptors (Lipinski definition) is 6. The lowest BCUT2D eigenvalue weighted by atomic mass is 9.84. The van der Waals surface area contributed by atoms with Gasteiger partial charge < -0.3 is 15.5 Å². The predicted molar refractivity (Wildman–Crippen MR) is 160 cm³/mol. The van der Waals surface area contributed by atoms with E-state index in [0.717, 1.165) is 67.9 Å². The number of unbranched alkanes of at least 4 members (excludes halogenated alkanes) is 2. The van der Waals surface area contributed by atoms with Gasteiger partial charge >= 0.3 is 6.18 Å². The minimum absolute atomic E-state index is 0.113. The number of carbonyl (C=O) groups is 1. The van der Waals surface area contributed by atoms with Crippen molar-refractivity contribution in [3.05, 3.63) is 87.6 Å². The fraction of sp³-hybridized carbons (Fsp3) is 0.452.